The van der Waals surface area contributed by atoms with E-state index in [-0.39, 0.29) is 5.89 Å². The van der Waals surface area contributed by atoms with E-state index < -0.39 is 11.4 Å². The van der Waals surface area contributed by atoms with Crippen LogP contribution in [0, 0.1) is 5.82 Å². The first kappa shape index (κ1) is 13.5. The van der Waals surface area contributed by atoms with Gasteiger partial charge in [-0.1, -0.05) is 12.1 Å². The molecule has 1 aromatic carbocycles. The molecule has 2 N–H and O–H groups in total. The van der Waals surface area contributed by atoms with E-state index in [1.807, 2.05) is 13.8 Å². The van der Waals surface area contributed by atoms with Gasteiger partial charge in [-0.05, 0) is 31.5 Å². The van der Waals surface area contributed by atoms with E-state index in [2.05, 4.69) is 10.1 Å². The summed E-state index contributed by atoms with van der Waals surface area (Å²) >= 11 is 0. The second-order valence-electron chi connectivity index (χ2n) is 4.44. The Labute approximate surface area is 110 Å². The van der Waals surface area contributed by atoms with Crippen molar-refractivity contribution in [1.82, 2.24) is 10.1 Å². The summed E-state index contributed by atoms with van der Waals surface area (Å²) in [6, 6.07) is 4.01. The molecule has 2 aromatic rings. The standard InChI is InChI=1S/C13H16FN3O2/c1-4-13(2,18-3)12-16-11(19-17-12)9-7-8(14)5-6-10(9)15/h5-7H,4,15H2,1-3H3. The van der Waals surface area contributed by atoms with Crippen molar-refractivity contribution in [3.8, 4) is 11.5 Å². The van der Waals surface area contributed by atoms with E-state index in [9.17, 15) is 4.39 Å². The lowest BCUT2D eigenvalue weighted by Gasteiger charge is -2.21. The Balaban J connectivity index is 2.44. The minimum Gasteiger partial charge on any atom is -0.398 e. The molecule has 0 spiro atoms. The molecule has 5 nitrogen and oxygen atoms in total. The Hall–Kier alpha value is -1.95. The molecular weight excluding hydrogens is 249 g/mol. The van der Waals surface area contributed by atoms with Crippen LogP contribution in [0.3, 0.4) is 0 Å². The number of rotatable bonds is 4. The van der Waals surface area contributed by atoms with Crippen LogP contribution in [0.5, 0.6) is 0 Å². The highest BCUT2D eigenvalue weighted by molar-refractivity contribution is 5.70. The predicted molar refractivity (Wildman–Crippen MR) is 68.8 cm³/mol. The first-order valence-corrected chi connectivity index (χ1v) is 5.95. The minimum absolute atomic E-state index is 0.184. The zero-order valence-electron chi connectivity index (χ0n) is 11.1. The molecule has 1 heterocycles. The van der Waals surface area contributed by atoms with Gasteiger partial charge in [0.15, 0.2) is 0 Å². The van der Waals surface area contributed by atoms with E-state index in [1.165, 1.54) is 18.2 Å². The molecule has 0 amide bonds. The number of hydrogen-bond acceptors (Lipinski definition) is 5. The van der Waals surface area contributed by atoms with E-state index in [0.717, 1.165) is 0 Å². The third-order valence-electron chi connectivity index (χ3n) is 3.27. The maximum Gasteiger partial charge on any atom is 0.260 e. The zero-order valence-corrected chi connectivity index (χ0v) is 11.1. The molecule has 0 fully saturated rings. The molecule has 0 radical (unpaired) electrons. The molecule has 0 saturated heterocycles. The molecule has 1 aromatic heterocycles. The van der Waals surface area contributed by atoms with Gasteiger partial charge in [0.25, 0.3) is 5.89 Å². The van der Waals surface area contributed by atoms with Crippen molar-refractivity contribution in [2.24, 2.45) is 0 Å². The van der Waals surface area contributed by atoms with Crippen LogP contribution in [-0.4, -0.2) is 17.3 Å². The molecule has 0 aliphatic heterocycles. The molecular formula is C13H16FN3O2. The number of nitrogens with zero attached hydrogens (tertiary/aromatic N) is 2. The van der Waals surface area contributed by atoms with Crippen LogP contribution in [0.1, 0.15) is 26.1 Å². The number of methoxy groups -OCH3 is 1. The summed E-state index contributed by atoms with van der Waals surface area (Å²) in [5.41, 5.74) is 5.91. The fourth-order valence-corrected chi connectivity index (χ4v) is 1.66. The largest absolute Gasteiger partial charge is 0.398 e. The smallest absolute Gasteiger partial charge is 0.260 e. The Bertz CT molecular complexity index is 579. The van der Waals surface area contributed by atoms with Gasteiger partial charge in [0.2, 0.25) is 5.82 Å². The van der Waals surface area contributed by atoms with Crippen molar-refractivity contribution in [2.45, 2.75) is 25.9 Å². The molecule has 0 aliphatic rings. The Morgan fingerprint density at radius 1 is 1.47 bits per heavy atom. The molecule has 2 rings (SSSR count). The van der Waals surface area contributed by atoms with Gasteiger partial charge in [0, 0.05) is 12.8 Å². The lowest BCUT2D eigenvalue weighted by atomic mass is 10.0. The second-order valence-corrected chi connectivity index (χ2v) is 4.44. The highest BCUT2D eigenvalue weighted by atomic mass is 19.1. The fraction of sp³-hybridized carbons (Fsp3) is 0.385. The molecule has 0 saturated carbocycles. The third kappa shape index (κ3) is 2.44. The lowest BCUT2D eigenvalue weighted by Crippen LogP contribution is -2.24. The van der Waals surface area contributed by atoms with Crippen molar-refractivity contribution in [1.29, 1.82) is 0 Å². The van der Waals surface area contributed by atoms with Gasteiger partial charge in [-0.3, -0.25) is 0 Å². The highest BCUT2D eigenvalue weighted by Crippen LogP contribution is 2.30. The second kappa shape index (κ2) is 4.97. The number of aromatic nitrogens is 2. The number of hydrogen-bond donors (Lipinski definition) is 1. The van der Waals surface area contributed by atoms with Crippen molar-refractivity contribution in [2.75, 3.05) is 12.8 Å². The minimum atomic E-state index is -0.635. The molecule has 1 atom stereocenters. The first-order chi connectivity index (χ1) is 9.00. The fourth-order valence-electron chi connectivity index (χ4n) is 1.66. The van der Waals surface area contributed by atoms with Gasteiger partial charge in [-0.2, -0.15) is 4.98 Å². The number of benzene rings is 1. The Morgan fingerprint density at radius 2 is 2.21 bits per heavy atom. The van der Waals surface area contributed by atoms with Crippen LogP contribution in [-0.2, 0) is 10.3 Å². The number of nitrogens with two attached hydrogens (primary N) is 1. The van der Waals surface area contributed by atoms with Crippen molar-refractivity contribution in [3.05, 3.63) is 29.8 Å². The number of halogens is 1. The average Bonchev–Trinajstić information content (AvgIpc) is 2.90. The summed E-state index contributed by atoms with van der Waals surface area (Å²) in [6.07, 6.45) is 0.682. The summed E-state index contributed by atoms with van der Waals surface area (Å²) in [7, 11) is 1.58. The molecule has 6 heteroatoms. The number of anilines is 1. The lowest BCUT2D eigenvalue weighted by molar-refractivity contribution is -0.0106. The summed E-state index contributed by atoms with van der Waals surface area (Å²) in [5.74, 6) is 0.189. The van der Waals surface area contributed by atoms with Gasteiger partial charge in [-0.15, -0.1) is 0 Å². The quantitative estimate of drug-likeness (QED) is 0.860. The van der Waals surface area contributed by atoms with Gasteiger partial charge >= 0.3 is 0 Å². The molecule has 0 aliphatic carbocycles. The third-order valence-corrected chi connectivity index (χ3v) is 3.27. The molecule has 19 heavy (non-hydrogen) atoms. The normalized spacial score (nSPS) is 14.3. The van der Waals surface area contributed by atoms with E-state index >= 15 is 0 Å². The predicted octanol–water partition coefficient (Wildman–Crippen LogP) is 2.73. The van der Waals surface area contributed by atoms with Crippen molar-refractivity contribution in [3.63, 3.8) is 0 Å². The maximum atomic E-state index is 13.2. The van der Waals surface area contributed by atoms with Crippen LogP contribution >= 0.6 is 0 Å². The van der Waals surface area contributed by atoms with Gasteiger partial charge in [0.1, 0.15) is 11.4 Å². The summed E-state index contributed by atoms with van der Waals surface area (Å²) in [5, 5.41) is 3.89. The van der Waals surface area contributed by atoms with Crippen LogP contribution < -0.4 is 5.73 Å². The van der Waals surface area contributed by atoms with Crippen molar-refractivity contribution < 1.29 is 13.7 Å². The topological polar surface area (TPSA) is 74.2 Å². The summed E-state index contributed by atoms with van der Waals surface area (Å²) < 4.78 is 23.8. The van der Waals surface area contributed by atoms with Gasteiger partial charge in [0.05, 0.1) is 5.56 Å². The van der Waals surface area contributed by atoms with E-state index in [4.69, 9.17) is 15.0 Å². The summed E-state index contributed by atoms with van der Waals surface area (Å²) in [4.78, 5) is 4.25. The summed E-state index contributed by atoms with van der Waals surface area (Å²) in [6.45, 7) is 3.81. The van der Waals surface area contributed by atoms with Gasteiger partial charge in [-0.25, -0.2) is 4.39 Å². The SMILES string of the molecule is CCC(C)(OC)c1noc(-c2cc(F)ccc2N)n1. The maximum absolute atomic E-state index is 13.2. The van der Waals surface area contributed by atoms with Crippen LogP contribution in [0.25, 0.3) is 11.5 Å². The highest BCUT2D eigenvalue weighted by Gasteiger charge is 2.30. The zero-order chi connectivity index (χ0) is 14.0. The van der Waals surface area contributed by atoms with Crippen molar-refractivity contribution >= 4 is 5.69 Å². The Morgan fingerprint density at radius 3 is 2.84 bits per heavy atom. The number of nitrogen functional groups attached to an aromatic ring is 1. The van der Waals surface area contributed by atoms with Crippen LogP contribution in [0.15, 0.2) is 22.7 Å². The van der Waals surface area contributed by atoms with Gasteiger partial charge < -0.3 is 15.0 Å². The molecule has 102 valence electrons. The van der Waals surface area contributed by atoms with Crippen LogP contribution in [0.4, 0.5) is 10.1 Å². The van der Waals surface area contributed by atoms with Crippen LogP contribution in [0.2, 0.25) is 0 Å². The van der Waals surface area contributed by atoms with E-state index in [1.54, 1.807) is 7.11 Å². The monoisotopic (exact) mass is 265 g/mol. The van der Waals surface area contributed by atoms with E-state index in [0.29, 0.717) is 23.5 Å². The Kier molecular flexibility index (Phi) is 3.53. The molecule has 1 unspecified atom stereocenters. The average molecular weight is 265 g/mol. The molecule has 0 bridgehead atoms. The first-order valence-electron chi connectivity index (χ1n) is 5.95. The number of ether oxygens (including phenoxy) is 1.